The van der Waals surface area contributed by atoms with Crippen molar-refractivity contribution in [2.75, 3.05) is 0 Å². The smallest absolute Gasteiger partial charge is 0.187 e. The molecule has 0 saturated heterocycles. The Bertz CT molecular complexity index is 276. The van der Waals surface area contributed by atoms with E-state index in [1.807, 2.05) is 0 Å². The van der Waals surface area contributed by atoms with E-state index >= 15 is 0 Å². The van der Waals surface area contributed by atoms with Crippen LogP contribution in [0.3, 0.4) is 0 Å². The van der Waals surface area contributed by atoms with Crippen LogP contribution in [0.1, 0.15) is 26.0 Å². The van der Waals surface area contributed by atoms with E-state index in [9.17, 15) is 0 Å². The third-order valence-electron chi connectivity index (χ3n) is 2.61. The van der Waals surface area contributed by atoms with Crippen molar-refractivity contribution in [1.29, 1.82) is 0 Å². The van der Waals surface area contributed by atoms with Crippen molar-refractivity contribution in [2.45, 2.75) is 32.2 Å². The number of fused-ring (bicyclic) bond motifs is 1. The molecule has 2 rings (SSSR count). The summed E-state index contributed by atoms with van der Waals surface area (Å²) in [4.78, 5) is 0. The van der Waals surface area contributed by atoms with Gasteiger partial charge in [0.15, 0.2) is 11.9 Å². The van der Waals surface area contributed by atoms with Gasteiger partial charge in [-0.2, -0.15) is 0 Å². The molecule has 1 nitrogen and oxygen atoms in total. The molecule has 0 radical (unpaired) electrons. The Balaban J connectivity index is 2.56. The molecule has 0 amide bonds. The third-order valence-corrected chi connectivity index (χ3v) is 2.61. The first-order valence-corrected chi connectivity index (χ1v) is 4.19. The molecule has 0 unspecified atom stereocenters. The van der Waals surface area contributed by atoms with E-state index < -0.39 is 0 Å². The predicted octanol–water partition coefficient (Wildman–Crippen LogP) is 1.66. The highest BCUT2D eigenvalue weighted by Gasteiger charge is 2.36. The molecule has 0 bridgehead atoms. The molecule has 0 saturated carbocycles. The van der Waals surface area contributed by atoms with Crippen molar-refractivity contribution < 1.29 is 4.57 Å². The Morgan fingerprint density at radius 3 is 2.91 bits per heavy atom. The number of rotatable bonds is 0. The van der Waals surface area contributed by atoms with Gasteiger partial charge in [-0.3, -0.25) is 0 Å². The molecule has 11 heavy (non-hydrogen) atoms. The van der Waals surface area contributed by atoms with Crippen molar-refractivity contribution in [2.24, 2.45) is 0 Å². The molecule has 0 atom stereocenters. The van der Waals surface area contributed by atoms with Crippen LogP contribution in [0.5, 0.6) is 0 Å². The lowest BCUT2D eigenvalue weighted by Crippen LogP contribution is -2.33. The van der Waals surface area contributed by atoms with Crippen LogP contribution in [0.15, 0.2) is 24.4 Å². The van der Waals surface area contributed by atoms with Crippen LogP contribution < -0.4 is 4.57 Å². The number of hydrogen-bond acceptors (Lipinski definition) is 0. The van der Waals surface area contributed by atoms with Crippen molar-refractivity contribution >= 4 is 0 Å². The Kier molecular flexibility index (Phi) is 1.28. The molecule has 1 aromatic rings. The molecular formula is C10H14N+. The minimum Gasteiger partial charge on any atom is -0.202 e. The van der Waals surface area contributed by atoms with E-state index in [0.29, 0.717) is 5.41 Å². The van der Waals surface area contributed by atoms with Crippen LogP contribution in [-0.4, -0.2) is 0 Å². The first kappa shape index (κ1) is 6.84. The van der Waals surface area contributed by atoms with Crippen LogP contribution in [0.4, 0.5) is 0 Å². The quantitative estimate of drug-likeness (QED) is 0.493. The fourth-order valence-corrected chi connectivity index (χ4v) is 1.81. The molecule has 1 aliphatic heterocycles. The molecule has 58 valence electrons. The molecule has 0 N–H and O–H groups in total. The van der Waals surface area contributed by atoms with Gasteiger partial charge in [-0.15, -0.1) is 0 Å². The van der Waals surface area contributed by atoms with Crippen LogP contribution in [0.2, 0.25) is 0 Å². The molecule has 0 fully saturated rings. The maximum atomic E-state index is 2.35. The van der Waals surface area contributed by atoms with Gasteiger partial charge in [-0.25, -0.2) is 4.57 Å². The lowest BCUT2D eigenvalue weighted by molar-refractivity contribution is -0.691. The molecule has 1 aromatic heterocycles. The van der Waals surface area contributed by atoms with Gasteiger partial charge in [0, 0.05) is 18.6 Å². The lowest BCUT2D eigenvalue weighted by atomic mass is 9.88. The third kappa shape index (κ3) is 0.953. The second-order valence-electron chi connectivity index (χ2n) is 3.91. The van der Waals surface area contributed by atoms with Gasteiger partial charge < -0.3 is 0 Å². The number of nitrogens with zero attached hydrogens (tertiary/aromatic N) is 1. The summed E-state index contributed by atoms with van der Waals surface area (Å²) < 4.78 is 2.35. The average molecular weight is 148 g/mol. The highest BCUT2D eigenvalue weighted by atomic mass is 15.0. The van der Waals surface area contributed by atoms with Gasteiger partial charge in [0.2, 0.25) is 0 Å². The highest BCUT2D eigenvalue weighted by molar-refractivity contribution is 5.10. The van der Waals surface area contributed by atoms with Gasteiger partial charge in [0.25, 0.3) is 0 Å². The number of aromatic nitrogens is 1. The molecule has 1 heteroatoms. The zero-order valence-electron chi connectivity index (χ0n) is 7.17. The lowest BCUT2D eigenvalue weighted by Gasteiger charge is -2.10. The molecule has 0 aliphatic carbocycles. The second kappa shape index (κ2) is 2.07. The maximum Gasteiger partial charge on any atom is 0.187 e. The standard InChI is InChI=1S/C10H14N/c1-10(2)6-8-11-7-4-3-5-9(10)11/h3-5,7H,6,8H2,1-2H3/q+1. The van der Waals surface area contributed by atoms with Crippen LogP contribution in [-0.2, 0) is 12.0 Å². The van der Waals surface area contributed by atoms with Gasteiger partial charge in [-0.1, -0.05) is 6.07 Å². The summed E-state index contributed by atoms with van der Waals surface area (Å²) in [5, 5.41) is 0. The van der Waals surface area contributed by atoms with Gasteiger partial charge >= 0.3 is 0 Å². The molecule has 2 heterocycles. The largest absolute Gasteiger partial charge is 0.202 e. The summed E-state index contributed by atoms with van der Waals surface area (Å²) in [5.74, 6) is 0. The molecule has 0 aromatic carbocycles. The molecule has 0 spiro atoms. The molecular weight excluding hydrogens is 134 g/mol. The monoisotopic (exact) mass is 148 g/mol. The number of hydrogen-bond donors (Lipinski definition) is 0. The topological polar surface area (TPSA) is 3.88 Å². The SMILES string of the molecule is CC1(C)CC[n+]2ccccc21. The average Bonchev–Trinajstić information content (AvgIpc) is 2.29. The van der Waals surface area contributed by atoms with Crippen molar-refractivity contribution in [3.63, 3.8) is 0 Å². The summed E-state index contributed by atoms with van der Waals surface area (Å²) >= 11 is 0. The van der Waals surface area contributed by atoms with Crippen molar-refractivity contribution in [1.82, 2.24) is 0 Å². The van der Waals surface area contributed by atoms with E-state index in [1.165, 1.54) is 18.7 Å². The van der Waals surface area contributed by atoms with E-state index in [1.54, 1.807) is 0 Å². The first-order valence-electron chi connectivity index (χ1n) is 4.19. The Morgan fingerprint density at radius 1 is 1.36 bits per heavy atom. The summed E-state index contributed by atoms with van der Waals surface area (Å²) in [6.07, 6.45) is 3.45. The van der Waals surface area contributed by atoms with Crippen molar-refractivity contribution in [3.8, 4) is 0 Å². The zero-order valence-corrected chi connectivity index (χ0v) is 7.17. The Hall–Kier alpha value is -0.850. The molecule has 1 aliphatic rings. The predicted molar refractivity (Wildman–Crippen MR) is 44.3 cm³/mol. The van der Waals surface area contributed by atoms with Crippen LogP contribution >= 0.6 is 0 Å². The number of pyridine rings is 1. The van der Waals surface area contributed by atoms with Crippen molar-refractivity contribution in [3.05, 3.63) is 30.1 Å². The van der Waals surface area contributed by atoms with Gasteiger partial charge in [0.1, 0.15) is 6.54 Å². The summed E-state index contributed by atoms with van der Waals surface area (Å²) in [5.41, 5.74) is 1.86. The summed E-state index contributed by atoms with van der Waals surface area (Å²) in [6, 6.07) is 6.46. The number of aryl methyl sites for hydroxylation is 1. The maximum absolute atomic E-state index is 2.35. The van der Waals surface area contributed by atoms with Gasteiger partial charge in [-0.05, 0) is 13.8 Å². The van der Waals surface area contributed by atoms with E-state index in [2.05, 4.69) is 42.8 Å². The van der Waals surface area contributed by atoms with Crippen LogP contribution in [0, 0.1) is 0 Å². The minimum atomic E-state index is 0.390. The zero-order chi connectivity index (χ0) is 7.90. The highest BCUT2D eigenvalue weighted by Crippen LogP contribution is 2.28. The van der Waals surface area contributed by atoms with E-state index in [0.717, 1.165) is 0 Å². The van der Waals surface area contributed by atoms with Crippen LogP contribution in [0.25, 0.3) is 0 Å². The second-order valence-corrected chi connectivity index (χ2v) is 3.91. The van der Waals surface area contributed by atoms with E-state index in [-0.39, 0.29) is 0 Å². The normalized spacial score (nSPS) is 19.8. The Morgan fingerprint density at radius 2 is 2.18 bits per heavy atom. The van der Waals surface area contributed by atoms with E-state index in [4.69, 9.17) is 0 Å². The fraction of sp³-hybridized carbons (Fsp3) is 0.500. The fourth-order valence-electron chi connectivity index (χ4n) is 1.81. The first-order chi connectivity index (χ1) is 5.20. The van der Waals surface area contributed by atoms with Gasteiger partial charge in [0.05, 0.1) is 5.41 Å². The Labute approximate surface area is 67.7 Å². The summed E-state index contributed by atoms with van der Waals surface area (Å²) in [7, 11) is 0. The summed E-state index contributed by atoms with van der Waals surface area (Å²) in [6.45, 7) is 5.81. The minimum absolute atomic E-state index is 0.390.